The minimum Gasteiger partial charge on any atom is -0.493 e. The van der Waals surface area contributed by atoms with Crippen molar-refractivity contribution in [1.29, 1.82) is 0 Å². The van der Waals surface area contributed by atoms with E-state index in [1.807, 2.05) is 11.0 Å². The third-order valence-electron chi connectivity index (χ3n) is 7.06. The number of likely N-dealkylation sites (N-methyl/N-ethyl adjacent to an activating group) is 2. The summed E-state index contributed by atoms with van der Waals surface area (Å²) >= 11 is 0. The minimum absolute atomic E-state index is 0.0232. The fraction of sp³-hybridized carbons (Fsp3) is 0.692. The first-order valence-corrected chi connectivity index (χ1v) is 12.8. The second-order valence-electron chi connectivity index (χ2n) is 10.0. The van der Waals surface area contributed by atoms with Gasteiger partial charge in [-0.2, -0.15) is 0 Å². The molecule has 1 saturated heterocycles. The van der Waals surface area contributed by atoms with Crippen molar-refractivity contribution in [1.82, 2.24) is 20.4 Å². The normalized spacial score (nSPS) is 21.3. The summed E-state index contributed by atoms with van der Waals surface area (Å²) in [6.45, 7) is 4.96. The van der Waals surface area contributed by atoms with Gasteiger partial charge in [0.2, 0.25) is 11.8 Å². The van der Waals surface area contributed by atoms with Crippen molar-refractivity contribution >= 4 is 17.5 Å². The average molecular weight is 490 g/mol. The topological polar surface area (TPSA) is 97.4 Å². The Morgan fingerprint density at radius 2 is 2.06 bits per heavy atom. The number of hydrogen-bond acceptors (Lipinski definition) is 7. The van der Waals surface area contributed by atoms with Crippen molar-refractivity contribution in [3.05, 3.63) is 23.8 Å². The first-order chi connectivity index (χ1) is 16.9. The monoisotopic (exact) mass is 489 g/mol. The van der Waals surface area contributed by atoms with Crippen LogP contribution in [0.15, 0.2) is 18.2 Å². The number of fused-ring (bicyclic) bond motifs is 3. The van der Waals surface area contributed by atoms with E-state index in [9.17, 15) is 9.59 Å². The highest BCUT2D eigenvalue weighted by atomic mass is 16.5. The van der Waals surface area contributed by atoms with Gasteiger partial charge in [0.05, 0.1) is 19.8 Å². The molecule has 0 radical (unpaired) electrons. The molecule has 3 N–H and O–H groups in total. The predicted molar refractivity (Wildman–Crippen MR) is 138 cm³/mol. The summed E-state index contributed by atoms with van der Waals surface area (Å²) in [6, 6.07) is 6.29. The molecule has 9 nitrogen and oxygen atoms in total. The van der Waals surface area contributed by atoms with Gasteiger partial charge in [0.25, 0.3) is 0 Å². The number of benzene rings is 1. The summed E-state index contributed by atoms with van der Waals surface area (Å²) in [5, 5.41) is 15.1. The van der Waals surface area contributed by atoms with Crippen LogP contribution in [0, 0.1) is 11.8 Å². The molecule has 2 bridgehead atoms. The zero-order valence-corrected chi connectivity index (χ0v) is 21.6. The molecule has 0 aromatic heterocycles. The Hall–Kier alpha value is -2.36. The lowest BCUT2D eigenvalue weighted by Crippen LogP contribution is -2.47. The molecule has 2 aliphatic heterocycles. The maximum atomic E-state index is 12.9. The van der Waals surface area contributed by atoms with E-state index < -0.39 is 0 Å². The van der Waals surface area contributed by atoms with E-state index in [-0.39, 0.29) is 43.3 Å². The lowest BCUT2D eigenvalue weighted by molar-refractivity contribution is -0.133. The van der Waals surface area contributed by atoms with Gasteiger partial charge in [-0.05, 0) is 63.4 Å². The van der Waals surface area contributed by atoms with Crippen LogP contribution in [-0.4, -0.2) is 100 Å². The lowest BCUT2D eigenvalue weighted by Gasteiger charge is -2.38. The Balaban J connectivity index is 1.67. The van der Waals surface area contributed by atoms with Gasteiger partial charge in [-0.25, -0.2) is 0 Å². The minimum atomic E-state index is -0.0538. The third kappa shape index (κ3) is 8.37. The standard InChI is InChI=1S/C26H43N5O4/c1-29(2)11-12-30(3)23-6-7-24-22(15-23)17-27-18-26(34)31-10-8-20(16-25(33)28-9-13-32)21(19-31)5-4-14-35-24/h6-7,15,20-21,27,32H,4-5,8-14,16-19H2,1-3H3,(H,28,33)/t20-,21-/m0/s1. The molecular weight excluding hydrogens is 446 g/mol. The number of aliphatic hydroxyl groups excluding tert-OH is 1. The van der Waals surface area contributed by atoms with Crippen LogP contribution in [0.3, 0.4) is 0 Å². The van der Waals surface area contributed by atoms with Crippen LogP contribution in [0.5, 0.6) is 5.75 Å². The zero-order valence-electron chi connectivity index (χ0n) is 21.6. The highest BCUT2D eigenvalue weighted by Crippen LogP contribution is 2.31. The molecule has 0 unspecified atom stereocenters. The largest absolute Gasteiger partial charge is 0.493 e. The second kappa shape index (κ2) is 13.7. The number of carbonyl (C=O) groups excluding carboxylic acids is 2. The van der Waals surface area contributed by atoms with E-state index in [0.29, 0.717) is 32.7 Å². The van der Waals surface area contributed by atoms with Crippen LogP contribution >= 0.6 is 0 Å². The van der Waals surface area contributed by atoms with Crippen LogP contribution < -0.4 is 20.3 Å². The molecule has 1 aromatic rings. The molecule has 9 heteroatoms. The maximum Gasteiger partial charge on any atom is 0.236 e. The molecule has 0 saturated carbocycles. The Morgan fingerprint density at radius 1 is 1.23 bits per heavy atom. The van der Waals surface area contributed by atoms with E-state index in [1.54, 1.807) is 0 Å². The van der Waals surface area contributed by atoms with Crippen LogP contribution in [0.1, 0.15) is 31.2 Å². The number of ether oxygens (including phenoxy) is 1. The van der Waals surface area contributed by atoms with E-state index in [4.69, 9.17) is 9.84 Å². The molecule has 196 valence electrons. The molecule has 2 heterocycles. The fourth-order valence-corrected chi connectivity index (χ4v) is 4.91. The summed E-state index contributed by atoms with van der Waals surface area (Å²) in [4.78, 5) is 31.6. The Labute approximate surface area is 209 Å². The Bertz CT molecular complexity index is 834. The summed E-state index contributed by atoms with van der Waals surface area (Å²) in [6.07, 6.45) is 3.06. The number of rotatable bonds is 8. The number of amides is 2. The van der Waals surface area contributed by atoms with Crippen molar-refractivity contribution in [2.45, 2.75) is 32.2 Å². The molecule has 1 aromatic carbocycles. The Kier molecular flexibility index (Phi) is 10.6. The van der Waals surface area contributed by atoms with Crippen LogP contribution in [0.2, 0.25) is 0 Å². The van der Waals surface area contributed by atoms with Gasteiger partial charge in [0, 0.05) is 64.0 Å². The van der Waals surface area contributed by atoms with E-state index in [1.165, 1.54) is 0 Å². The van der Waals surface area contributed by atoms with Crippen molar-refractivity contribution in [3.8, 4) is 5.75 Å². The maximum absolute atomic E-state index is 12.9. The molecule has 0 aliphatic carbocycles. The van der Waals surface area contributed by atoms with E-state index >= 15 is 0 Å². The number of piperidine rings is 1. The van der Waals surface area contributed by atoms with Gasteiger partial charge >= 0.3 is 0 Å². The van der Waals surface area contributed by atoms with Gasteiger partial charge in [-0.1, -0.05) is 0 Å². The van der Waals surface area contributed by atoms with Gasteiger partial charge < -0.3 is 35.2 Å². The van der Waals surface area contributed by atoms with Crippen molar-refractivity contribution in [2.24, 2.45) is 11.8 Å². The van der Waals surface area contributed by atoms with Crippen LogP contribution in [0.25, 0.3) is 0 Å². The quantitative estimate of drug-likeness (QED) is 0.499. The lowest BCUT2D eigenvalue weighted by atomic mass is 9.80. The summed E-state index contributed by atoms with van der Waals surface area (Å²) in [7, 11) is 6.24. The number of anilines is 1. The van der Waals surface area contributed by atoms with Crippen LogP contribution in [-0.2, 0) is 16.1 Å². The Morgan fingerprint density at radius 3 is 2.83 bits per heavy atom. The van der Waals surface area contributed by atoms with Crippen molar-refractivity contribution in [2.75, 3.05) is 78.5 Å². The third-order valence-corrected chi connectivity index (χ3v) is 7.06. The fourth-order valence-electron chi connectivity index (χ4n) is 4.91. The summed E-state index contributed by atoms with van der Waals surface area (Å²) < 4.78 is 6.20. The molecule has 2 amide bonds. The summed E-state index contributed by atoms with van der Waals surface area (Å²) in [5.74, 6) is 1.45. The van der Waals surface area contributed by atoms with E-state index in [2.05, 4.69) is 53.7 Å². The number of nitrogens with zero attached hydrogens (tertiary/aromatic N) is 3. The molecule has 3 rings (SSSR count). The van der Waals surface area contributed by atoms with E-state index in [0.717, 1.165) is 49.4 Å². The molecule has 1 fully saturated rings. The number of carbonyl (C=O) groups is 2. The first kappa shape index (κ1) is 27.2. The average Bonchev–Trinajstić information content (AvgIpc) is 2.85. The highest BCUT2D eigenvalue weighted by Gasteiger charge is 2.32. The van der Waals surface area contributed by atoms with Crippen LogP contribution in [0.4, 0.5) is 5.69 Å². The number of aliphatic hydroxyl groups is 1. The molecule has 0 spiro atoms. The number of hydrogen-bond donors (Lipinski definition) is 3. The van der Waals surface area contributed by atoms with Gasteiger partial charge in [-0.15, -0.1) is 0 Å². The zero-order chi connectivity index (χ0) is 25.2. The first-order valence-electron chi connectivity index (χ1n) is 12.8. The molecule has 35 heavy (non-hydrogen) atoms. The summed E-state index contributed by atoms with van der Waals surface area (Å²) in [5.41, 5.74) is 2.19. The van der Waals surface area contributed by atoms with Gasteiger partial charge in [0.1, 0.15) is 5.75 Å². The molecular formula is C26H43N5O4. The predicted octanol–water partition coefficient (Wildman–Crippen LogP) is 0.910. The van der Waals surface area contributed by atoms with Crippen molar-refractivity contribution in [3.63, 3.8) is 0 Å². The smallest absolute Gasteiger partial charge is 0.236 e. The number of nitrogens with one attached hydrogen (secondary N) is 2. The highest BCUT2D eigenvalue weighted by molar-refractivity contribution is 5.78. The van der Waals surface area contributed by atoms with Gasteiger partial charge in [0.15, 0.2) is 0 Å². The van der Waals surface area contributed by atoms with Gasteiger partial charge in [-0.3, -0.25) is 9.59 Å². The molecule has 2 atom stereocenters. The second-order valence-corrected chi connectivity index (χ2v) is 10.0. The SMILES string of the molecule is CN(C)CCN(C)c1ccc2c(c1)CNCC(=O)N1CC[C@@H](CC(=O)NCCO)[C@@H](CCCO2)C1. The molecule has 2 aliphatic rings. The van der Waals surface area contributed by atoms with Crippen molar-refractivity contribution < 1.29 is 19.4 Å².